The van der Waals surface area contributed by atoms with Crippen molar-refractivity contribution in [3.05, 3.63) is 36.2 Å². The molecule has 22 heavy (non-hydrogen) atoms. The van der Waals surface area contributed by atoms with Crippen molar-refractivity contribution < 1.29 is 14.3 Å². The van der Waals surface area contributed by atoms with E-state index in [0.717, 1.165) is 0 Å². The van der Waals surface area contributed by atoms with Crippen molar-refractivity contribution in [1.82, 2.24) is 24.8 Å². The lowest BCUT2D eigenvalue weighted by Crippen LogP contribution is -2.32. The van der Waals surface area contributed by atoms with Crippen molar-refractivity contribution in [1.29, 1.82) is 0 Å². The van der Waals surface area contributed by atoms with Crippen molar-refractivity contribution in [2.75, 3.05) is 0 Å². The molecule has 2 aromatic heterocycles. The van der Waals surface area contributed by atoms with Gasteiger partial charge >= 0.3 is 6.09 Å². The summed E-state index contributed by atoms with van der Waals surface area (Å²) in [6.07, 6.45) is 4.66. The van der Waals surface area contributed by atoms with Gasteiger partial charge in [0.15, 0.2) is 6.29 Å². The fraction of sp³-hybridized carbons (Fsp3) is 0.357. The first-order valence-electron chi connectivity index (χ1n) is 6.66. The molecule has 0 aliphatic carbocycles. The molecule has 0 saturated heterocycles. The average Bonchev–Trinajstić information content (AvgIpc) is 2.93. The van der Waals surface area contributed by atoms with Gasteiger partial charge in [0.25, 0.3) is 0 Å². The standard InChI is InChI=1S/C14H17N5O3/c1-14(2,3)22-13(21)16-6-10-4-5-15-12(18-10)19-7-11(8-20)17-9-19/h4-5,7-9H,6H2,1-3H3,(H,16,21). The molecular formula is C14H17N5O3. The third-order valence-corrected chi connectivity index (χ3v) is 2.47. The van der Waals surface area contributed by atoms with Gasteiger partial charge in [-0.3, -0.25) is 9.36 Å². The Hall–Kier alpha value is -2.77. The summed E-state index contributed by atoms with van der Waals surface area (Å²) in [4.78, 5) is 34.5. The lowest BCUT2D eigenvalue weighted by atomic mass is 10.2. The normalized spacial score (nSPS) is 11.0. The van der Waals surface area contributed by atoms with Gasteiger partial charge in [-0.15, -0.1) is 0 Å². The number of nitrogens with one attached hydrogen (secondary N) is 1. The van der Waals surface area contributed by atoms with E-state index in [1.54, 1.807) is 33.0 Å². The van der Waals surface area contributed by atoms with E-state index >= 15 is 0 Å². The van der Waals surface area contributed by atoms with Crippen LogP contribution in [0, 0.1) is 0 Å². The third kappa shape index (κ3) is 4.37. The lowest BCUT2D eigenvalue weighted by Gasteiger charge is -2.19. The van der Waals surface area contributed by atoms with E-state index < -0.39 is 11.7 Å². The molecule has 0 unspecified atom stereocenters. The lowest BCUT2D eigenvalue weighted by molar-refractivity contribution is 0.0522. The first-order valence-corrected chi connectivity index (χ1v) is 6.66. The van der Waals surface area contributed by atoms with Crippen molar-refractivity contribution in [2.24, 2.45) is 0 Å². The summed E-state index contributed by atoms with van der Waals surface area (Å²) in [6.45, 7) is 5.58. The van der Waals surface area contributed by atoms with Gasteiger partial charge in [-0.2, -0.15) is 0 Å². The Morgan fingerprint density at radius 1 is 1.41 bits per heavy atom. The highest BCUT2D eigenvalue weighted by molar-refractivity contribution is 5.71. The zero-order valence-corrected chi connectivity index (χ0v) is 12.6. The summed E-state index contributed by atoms with van der Waals surface area (Å²) in [5, 5.41) is 2.62. The Bertz CT molecular complexity index is 675. The second-order valence-electron chi connectivity index (χ2n) is 5.53. The number of carbonyl (C=O) groups excluding carboxylic acids is 2. The maximum atomic E-state index is 11.6. The Morgan fingerprint density at radius 3 is 2.82 bits per heavy atom. The molecule has 0 bridgehead atoms. The van der Waals surface area contributed by atoms with Crippen LogP contribution < -0.4 is 5.32 Å². The first-order chi connectivity index (χ1) is 10.4. The van der Waals surface area contributed by atoms with E-state index in [9.17, 15) is 9.59 Å². The summed E-state index contributed by atoms with van der Waals surface area (Å²) in [7, 11) is 0. The number of ether oxygens (including phenoxy) is 1. The molecule has 2 heterocycles. The molecule has 1 amide bonds. The highest BCUT2D eigenvalue weighted by Gasteiger charge is 2.15. The third-order valence-electron chi connectivity index (χ3n) is 2.47. The highest BCUT2D eigenvalue weighted by atomic mass is 16.6. The van der Waals surface area contributed by atoms with E-state index in [0.29, 0.717) is 23.6 Å². The maximum Gasteiger partial charge on any atom is 0.407 e. The Balaban J connectivity index is 2.02. The summed E-state index contributed by atoms with van der Waals surface area (Å²) in [5.74, 6) is 0.365. The summed E-state index contributed by atoms with van der Waals surface area (Å²) >= 11 is 0. The first kappa shape index (κ1) is 15.6. The Labute approximate surface area is 127 Å². The zero-order valence-electron chi connectivity index (χ0n) is 12.6. The van der Waals surface area contributed by atoms with Gasteiger partial charge in [0, 0.05) is 12.4 Å². The molecular weight excluding hydrogens is 286 g/mol. The van der Waals surface area contributed by atoms with Gasteiger partial charge in [-0.05, 0) is 26.8 Å². The number of alkyl carbamates (subject to hydrolysis) is 1. The molecule has 0 aliphatic heterocycles. The van der Waals surface area contributed by atoms with Crippen LogP contribution in [0.2, 0.25) is 0 Å². The number of hydrogen-bond donors (Lipinski definition) is 1. The Morgan fingerprint density at radius 2 is 2.18 bits per heavy atom. The number of imidazole rings is 1. The molecule has 2 rings (SSSR count). The topological polar surface area (TPSA) is 99.0 Å². The van der Waals surface area contributed by atoms with E-state index in [4.69, 9.17) is 4.74 Å². The minimum atomic E-state index is -0.553. The molecule has 0 spiro atoms. The maximum absolute atomic E-state index is 11.6. The summed E-state index contributed by atoms with van der Waals surface area (Å²) in [6, 6.07) is 1.68. The van der Waals surface area contributed by atoms with Gasteiger partial charge in [0.2, 0.25) is 5.95 Å². The number of rotatable bonds is 4. The predicted molar refractivity (Wildman–Crippen MR) is 77.6 cm³/mol. The fourth-order valence-electron chi connectivity index (χ4n) is 1.59. The molecule has 2 aromatic rings. The van der Waals surface area contributed by atoms with Crippen LogP contribution in [0.3, 0.4) is 0 Å². The van der Waals surface area contributed by atoms with Crippen molar-refractivity contribution in [2.45, 2.75) is 32.9 Å². The quantitative estimate of drug-likeness (QED) is 0.859. The zero-order chi connectivity index (χ0) is 16.2. The van der Waals surface area contributed by atoms with Crippen LogP contribution >= 0.6 is 0 Å². The van der Waals surface area contributed by atoms with Gasteiger partial charge in [-0.25, -0.2) is 19.7 Å². The van der Waals surface area contributed by atoms with Crippen molar-refractivity contribution in [3.8, 4) is 5.95 Å². The number of carbonyl (C=O) groups is 2. The number of aromatic nitrogens is 4. The van der Waals surface area contributed by atoms with E-state index in [1.165, 1.54) is 17.1 Å². The predicted octanol–water partition coefficient (Wildman–Crippen LogP) is 1.50. The van der Waals surface area contributed by atoms with E-state index in [-0.39, 0.29) is 6.54 Å². The van der Waals surface area contributed by atoms with Gasteiger partial charge in [0.1, 0.15) is 17.6 Å². The number of hydrogen-bond acceptors (Lipinski definition) is 6. The van der Waals surface area contributed by atoms with Gasteiger partial charge < -0.3 is 10.1 Å². The van der Waals surface area contributed by atoms with Gasteiger partial charge in [0.05, 0.1) is 12.2 Å². The molecule has 0 aliphatic rings. The number of amides is 1. The van der Waals surface area contributed by atoms with Crippen LogP contribution in [0.5, 0.6) is 0 Å². The van der Waals surface area contributed by atoms with Gasteiger partial charge in [-0.1, -0.05) is 0 Å². The molecule has 0 radical (unpaired) electrons. The van der Waals surface area contributed by atoms with Crippen LogP contribution in [0.4, 0.5) is 4.79 Å². The fourth-order valence-corrected chi connectivity index (χ4v) is 1.59. The average molecular weight is 303 g/mol. The minimum Gasteiger partial charge on any atom is -0.444 e. The molecule has 0 aromatic carbocycles. The van der Waals surface area contributed by atoms with Crippen LogP contribution in [0.25, 0.3) is 5.95 Å². The van der Waals surface area contributed by atoms with Crippen LogP contribution in [0.15, 0.2) is 24.8 Å². The molecule has 8 heteroatoms. The molecule has 0 fully saturated rings. The Kier molecular flexibility index (Phi) is 4.50. The SMILES string of the molecule is CC(C)(C)OC(=O)NCc1ccnc(-n2cnc(C=O)c2)n1. The second-order valence-corrected chi connectivity index (χ2v) is 5.53. The second kappa shape index (κ2) is 6.33. The van der Waals surface area contributed by atoms with E-state index in [2.05, 4.69) is 20.3 Å². The smallest absolute Gasteiger partial charge is 0.407 e. The van der Waals surface area contributed by atoms with Crippen LogP contribution in [0.1, 0.15) is 37.0 Å². The highest BCUT2D eigenvalue weighted by Crippen LogP contribution is 2.07. The van der Waals surface area contributed by atoms with Crippen molar-refractivity contribution in [3.63, 3.8) is 0 Å². The molecule has 0 saturated carbocycles. The minimum absolute atomic E-state index is 0.208. The molecule has 116 valence electrons. The van der Waals surface area contributed by atoms with Crippen LogP contribution in [-0.2, 0) is 11.3 Å². The molecule has 1 N–H and O–H groups in total. The number of nitrogens with zero attached hydrogens (tertiary/aromatic N) is 4. The summed E-state index contributed by atoms with van der Waals surface area (Å²) < 4.78 is 6.67. The largest absolute Gasteiger partial charge is 0.444 e. The number of aldehydes is 1. The van der Waals surface area contributed by atoms with E-state index in [1.807, 2.05) is 0 Å². The summed E-state index contributed by atoms with van der Waals surface area (Å²) in [5.41, 5.74) is 0.348. The monoisotopic (exact) mass is 303 g/mol. The van der Waals surface area contributed by atoms with Crippen LogP contribution in [-0.4, -0.2) is 37.5 Å². The molecule has 0 atom stereocenters. The van der Waals surface area contributed by atoms with Crippen molar-refractivity contribution >= 4 is 12.4 Å². The molecule has 8 nitrogen and oxygen atoms in total.